The summed E-state index contributed by atoms with van der Waals surface area (Å²) in [5, 5.41) is 2.44. The summed E-state index contributed by atoms with van der Waals surface area (Å²) in [5.41, 5.74) is 1.04. The van der Waals surface area contributed by atoms with Crippen molar-refractivity contribution >= 4 is 11.6 Å². The number of alkyl halides is 3. The smallest absolute Gasteiger partial charge is 0.451 e. The summed E-state index contributed by atoms with van der Waals surface area (Å²) < 4.78 is 47.5. The lowest BCUT2D eigenvalue weighted by Crippen LogP contribution is -2.23. The maximum Gasteiger partial charge on any atom is 0.451 e. The van der Waals surface area contributed by atoms with Crippen molar-refractivity contribution in [3.05, 3.63) is 42.5 Å². The molecular formula is C20H25F3N4O3. The molecular weight excluding hydrogens is 401 g/mol. The maximum absolute atomic E-state index is 12.4. The highest BCUT2D eigenvalue weighted by Crippen LogP contribution is 2.29. The van der Waals surface area contributed by atoms with E-state index in [0.29, 0.717) is 12.4 Å². The number of benzene rings is 1. The Morgan fingerprint density at radius 2 is 1.83 bits per heavy atom. The van der Waals surface area contributed by atoms with E-state index in [9.17, 15) is 18.0 Å². The first-order valence-electron chi connectivity index (χ1n) is 9.54. The van der Waals surface area contributed by atoms with E-state index in [-0.39, 0.29) is 18.3 Å². The number of amides is 1. The number of carbonyl (C=O) groups is 1. The van der Waals surface area contributed by atoms with Crippen LogP contribution in [-0.4, -0.2) is 49.2 Å². The van der Waals surface area contributed by atoms with Gasteiger partial charge in [0, 0.05) is 38.5 Å². The van der Waals surface area contributed by atoms with Gasteiger partial charge in [-0.2, -0.15) is 13.2 Å². The summed E-state index contributed by atoms with van der Waals surface area (Å²) in [6, 6.07) is 7.45. The minimum absolute atomic E-state index is 0.0770. The second-order valence-corrected chi connectivity index (χ2v) is 6.34. The molecule has 0 radical (unpaired) electrons. The number of likely N-dealkylation sites (N-methyl/N-ethyl adjacent to an activating group) is 1. The highest BCUT2D eigenvalue weighted by Gasteiger charge is 2.34. The van der Waals surface area contributed by atoms with Gasteiger partial charge in [-0.05, 0) is 31.9 Å². The van der Waals surface area contributed by atoms with Gasteiger partial charge in [-0.3, -0.25) is 4.79 Å². The van der Waals surface area contributed by atoms with Crippen LogP contribution in [0.25, 0.3) is 0 Å². The van der Waals surface area contributed by atoms with Gasteiger partial charge in [0.15, 0.2) is 5.75 Å². The molecule has 1 fully saturated rings. The third-order valence-electron chi connectivity index (χ3n) is 4.12. The number of aromatic nitrogens is 2. The van der Waals surface area contributed by atoms with E-state index in [4.69, 9.17) is 9.47 Å². The number of hydrogen-bond donors (Lipinski definition) is 1. The predicted molar refractivity (Wildman–Crippen MR) is 106 cm³/mol. The third kappa shape index (κ3) is 7.51. The zero-order valence-corrected chi connectivity index (χ0v) is 16.9. The van der Waals surface area contributed by atoms with Crippen molar-refractivity contribution in [2.45, 2.75) is 25.9 Å². The normalized spacial score (nSPS) is 13.4. The van der Waals surface area contributed by atoms with Crippen LogP contribution in [-0.2, 0) is 15.7 Å². The first-order chi connectivity index (χ1) is 14.3. The van der Waals surface area contributed by atoms with E-state index < -0.39 is 12.0 Å². The molecule has 1 saturated heterocycles. The van der Waals surface area contributed by atoms with Crippen LogP contribution >= 0.6 is 0 Å². The molecule has 30 heavy (non-hydrogen) atoms. The molecule has 3 rings (SSSR count). The number of rotatable bonds is 6. The molecule has 1 amide bonds. The number of halogens is 3. The molecule has 0 atom stereocenters. The standard InChI is InChI=1S/C15H14F3N3O.C5H11NO2/c16-15(17,18)14-19-9-13(10-20-14)22-12-5-3-4-11(8-12)21-6-1-2-7-21;1-3-8-4-5(7)6-2/h3-5,8-10H,1-2,6-7H2;3-4H2,1-2H3,(H,6,7). The summed E-state index contributed by atoms with van der Waals surface area (Å²) in [6.45, 7) is 4.63. The first-order valence-corrected chi connectivity index (χ1v) is 9.54. The highest BCUT2D eigenvalue weighted by atomic mass is 19.4. The van der Waals surface area contributed by atoms with Crippen LogP contribution in [0.2, 0.25) is 0 Å². The van der Waals surface area contributed by atoms with Crippen molar-refractivity contribution in [3.8, 4) is 11.5 Å². The van der Waals surface area contributed by atoms with Gasteiger partial charge < -0.3 is 19.7 Å². The molecule has 0 bridgehead atoms. The molecule has 0 aliphatic carbocycles. The lowest BCUT2D eigenvalue weighted by molar-refractivity contribution is -0.145. The number of nitrogens with one attached hydrogen (secondary N) is 1. The molecule has 2 aromatic rings. The second kappa shape index (κ2) is 11.3. The summed E-state index contributed by atoms with van der Waals surface area (Å²) in [6.07, 6.45) is -0.166. The maximum atomic E-state index is 12.4. The van der Waals surface area contributed by atoms with E-state index >= 15 is 0 Å². The van der Waals surface area contributed by atoms with Crippen molar-refractivity contribution in [1.82, 2.24) is 15.3 Å². The molecule has 7 nitrogen and oxygen atoms in total. The summed E-state index contributed by atoms with van der Waals surface area (Å²) in [5.74, 6) is -0.531. The number of carbonyl (C=O) groups excluding carboxylic acids is 1. The van der Waals surface area contributed by atoms with Gasteiger partial charge in [0.05, 0.1) is 12.4 Å². The van der Waals surface area contributed by atoms with E-state index in [1.807, 2.05) is 25.1 Å². The number of nitrogens with zero attached hydrogens (tertiary/aromatic N) is 3. The fourth-order valence-electron chi connectivity index (χ4n) is 2.64. The molecule has 1 aliphatic heterocycles. The van der Waals surface area contributed by atoms with Gasteiger partial charge in [0.1, 0.15) is 12.4 Å². The Hall–Kier alpha value is -2.88. The van der Waals surface area contributed by atoms with E-state index in [1.54, 1.807) is 13.1 Å². The van der Waals surface area contributed by atoms with Crippen LogP contribution in [0.15, 0.2) is 36.7 Å². The Balaban J connectivity index is 0.000000343. The minimum Gasteiger partial charge on any atom is -0.454 e. The molecule has 164 valence electrons. The van der Waals surface area contributed by atoms with Crippen LogP contribution in [0.5, 0.6) is 11.5 Å². The number of ether oxygens (including phenoxy) is 2. The van der Waals surface area contributed by atoms with Crippen LogP contribution < -0.4 is 15.0 Å². The molecule has 0 saturated carbocycles. The Morgan fingerprint density at radius 3 is 2.40 bits per heavy atom. The first kappa shape index (κ1) is 23.4. The van der Waals surface area contributed by atoms with Crippen molar-refractivity contribution in [2.75, 3.05) is 38.3 Å². The van der Waals surface area contributed by atoms with Gasteiger partial charge in [-0.25, -0.2) is 9.97 Å². The topological polar surface area (TPSA) is 76.6 Å². The van der Waals surface area contributed by atoms with E-state index in [1.165, 1.54) is 0 Å². The van der Waals surface area contributed by atoms with E-state index in [2.05, 4.69) is 20.2 Å². The Morgan fingerprint density at radius 1 is 1.17 bits per heavy atom. The molecule has 1 aromatic heterocycles. The lowest BCUT2D eigenvalue weighted by atomic mass is 10.3. The molecule has 1 aliphatic rings. The third-order valence-corrected chi connectivity index (χ3v) is 4.12. The highest BCUT2D eigenvalue weighted by molar-refractivity contribution is 5.76. The second-order valence-electron chi connectivity index (χ2n) is 6.34. The number of hydrogen-bond acceptors (Lipinski definition) is 6. The van der Waals surface area contributed by atoms with Crippen LogP contribution in [0.1, 0.15) is 25.6 Å². The summed E-state index contributed by atoms with van der Waals surface area (Å²) in [4.78, 5) is 19.1. The Labute approximate surface area is 173 Å². The average Bonchev–Trinajstić information content (AvgIpc) is 3.27. The van der Waals surface area contributed by atoms with Crippen molar-refractivity contribution in [2.24, 2.45) is 0 Å². The fourth-order valence-corrected chi connectivity index (χ4v) is 2.64. The van der Waals surface area contributed by atoms with Crippen LogP contribution in [0.4, 0.5) is 18.9 Å². The van der Waals surface area contributed by atoms with Gasteiger partial charge in [0.25, 0.3) is 0 Å². The molecule has 10 heteroatoms. The zero-order chi connectivity index (χ0) is 22.0. The van der Waals surface area contributed by atoms with Crippen molar-refractivity contribution in [3.63, 3.8) is 0 Å². The molecule has 1 aromatic carbocycles. The van der Waals surface area contributed by atoms with Gasteiger partial charge in [0.2, 0.25) is 11.7 Å². The predicted octanol–water partition coefficient (Wildman–Crippen LogP) is 3.66. The lowest BCUT2D eigenvalue weighted by Gasteiger charge is -2.18. The van der Waals surface area contributed by atoms with E-state index in [0.717, 1.165) is 44.0 Å². The van der Waals surface area contributed by atoms with Gasteiger partial charge in [-0.1, -0.05) is 6.07 Å². The largest absolute Gasteiger partial charge is 0.454 e. The molecule has 2 heterocycles. The fraction of sp³-hybridized carbons (Fsp3) is 0.450. The Kier molecular flexibility index (Phi) is 8.85. The minimum atomic E-state index is -4.55. The van der Waals surface area contributed by atoms with Crippen molar-refractivity contribution < 1.29 is 27.4 Å². The zero-order valence-electron chi connectivity index (χ0n) is 16.9. The SMILES string of the molecule is CCOCC(=O)NC.FC(F)(F)c1ncc(Oc2cccc(N3CCCC3)c2)cn1. The quantitative estimate of drug-likeness (QED) is 0.760. The molecule has 1 N–H and O–H groups in total. The monoisotopic (exact) mass is 426 g/mol. The average molecular weight is 426 g/mol. The van der Waals surface area contributed by atoms with Crippen LogP contribution in [0.3, 0.4) is 0 Å². The summed E-state index contributed by atoms with van der Waals surface area (Å²) >= 11 is 0. The number of anilines is 1. The Bertz CT molecular complexity index is 795. The molecule has 0 unspecified atom stereocenters. The van der Waals surface area contributed by atoms with Gasteiger partial charge >= 0.3 is 6.18 Å². The summed E-state index contributed by atoms with van der Waals surface area (Å²) in [7, 11) is 1.58. The molecule has 0 spiro atoms. The van der Waals surface area contributed by atoms with Crippen LogP contribution in [0, 0.1) is 0 Å². The van der Waals surface area contributed by atoms with Gasteiger partial charge in [-0.15, -0.1) is 0 Å². The van der Waals surface area contributed by atoms with Crippen molar-refractivity contribution in [1.29, 1.82) is 0 Å².